The fraction of sp³-hybridized carbons (Fsp3) is 0.286. The summed E-state index contributed by atoms with van der Waals surface area (Å²) in [5, 5.41) is 11.0. The molecular weight excluding hydrogens is 458 g/mol. The predicted octanol–water partition coefficient (Wildman–Crippen LogP) is 3.43. The highest BCUT2D eigenvalue weighted by Crippen LogP contribution is 2.29. The molecule has 0 radical (unpaired) electrons. The number of methoxy groups -OCH3 is 1. The van der Waals surface area contributed by atoms with Crippen molar-refractivity contribution in [3.63, 3.8) is 0 Å². The van der Waals surface area contributed by atoms with Gasteiger partial charge >= 0.3 is 5.97 Å². The molecule has 1 unspecified atom stereocenters. The highest BCUT2D eigenvalue weighted by Gasteiger charge is 2.21. The van der Waals surface area contributed by atoms with Crippen LogP contribution in [0.4, 0.5) is 0 Å². The number of Topliss-reactive ketones (excluding diaryl/α,β-unsaturated/α-hetero) is 1. The second-order valence-electron chi connectivity index (χ2n) is 5.57. The maximum absolute atomic E-state index is 12.8. The highest BCUT2D eigenvalue weighted by molar-refractivity contribution is 9.10. The van der Waals surface area contributed by atoms with E-state index in [0.29, 0.717) is 15.8 Å². The van der Waals surface area contributed by atoms with E-state index in [1.165, 1.54) is 7.11 Å². The molecular formula is C21H22BrNO5S. The first-order chi connectivity index (χ1) is 16.7. The maximum atomic E-state index is 12.8. The minimum Gasteiger partial charge on any atom is -0.496 e. The zero-order valence-electron chi connectivity index (χ0n) is 22.3. The van der Waals surface area contributed by atoms with Crippen LogP contribution in [0.2, 0.25) is 0 Å². The molecule has 0 aromatic heterocycles. The molecule has 0 aliphatic rings. The average molecular weight is 487 g/mol. The monoisotopic (exact) mass is 486 g/mol. The molecule has 0 heterocycles. The molecule has 1 amide bonds. The minimum atomic E-state index is -2.80. The Hall–Kier alpha value is -2.32. The van der Waals surface area contributed by atoms with Gasteiger partial charge in [-0.1, -0.05) is 36.3 Å². The SMILES string of the molecule is [2H]c1c([2H])c([2H])c(C([2H])([2H])C(CSCC(=O)c2cccc(OC)c2Br)C(=O)NCC(=O)O)c([2H])c1[2H]. The maximum Gasteiger partial charge on any atom is 0.322 e. The van der Waals surface area contributed by atoms with E-state index in [2.05, 4.69) is 21.2 Å². The molecule has 0 fully saturated rings. The van der Waals surface area contributed by atoms with Crippen molar-refractivity contribution >= 4 is 45.4 Å². The van der Waals surface area contributed by atoms with Gasteiger partial charge < -0.3 is 15.2 Å². The third-order valence-corrected chi connectivity index (χ3v) is 5.40. The molecule has 0 bridgehead atoms. The van der Waals surface area contributed by atoms with E-state index in [-0.39, 0.29) is 17.3 Å². The number of halogens is 1. The topological polar surface area (TPSA) is 92.7 Å². The zero-order chi connectivity index (χ0) is 27.4. The molecule has 2 aromatic carbocycles. The number of ketones is 1. The first-order valence-electron chi connectivity index (χ1n) is 11.8. The van der Waals surface area contributed by atoms with Gasteiger partial charge in [0.15, 0.2) is 5.78 Å². The number of hydrogen-bond acceptors (Lipinski definition) is 5. The van der Waals surface area contributed by atoms with Gasteiger partial charge in [-0.2, -0.15) is 11.8 Å². The number of aliphatic carboxylic acids is 1. The summed E-state index contributed by atoms with van der Waals surface area (Å²) in [4.78, 5) is 36.5. The number of amides is 1. The third kappa shape index (κ3) is 7.21. The Labute approximate surface area is 192 Å². The van der Waals surface area contributed by atoms with Crippen LogP contribution in [-0.4, -0.2) is 47.9 Å². The summed E-state index contributed by atoms with van der Waals surface area (Å²) in [6.45, 7) is -0.813. The molecule has 0 spiro atoms. The molecule has 0 saturated carbocycles. The largest absolute Gasteiger partial charge is 0.496 e. The Balaban J connectivity index is 2.39. The van der Waals surface area contributed by atoms with E-state index in [9.17, 15) is 14.4 Å². The Morgan fingerprint density at radius 3 is 2.69 bits per heavy atom. The number of carboxylic acids is 1. The Kier molecular flexibility index (Phi) is 5.86. The van der Waals surface area contributed by atoms with Crippen LogP contribution in [0.5, 0.6) is 5.75 Å². The molecule has 29 heavy (non-hydrogen) atoms. The number of benzene rings is 2. The smallest absolute Gasteiger partial charge is 0.322 e. The van der Waals surface area contributed by atoms with Crippen LogP contribution in [0.25, 0.3) is 0 Å². The summed E-state index contributed by atoms with van der Waals surface area (Å²) in [6, 6.07) is 0.910. The Morgan fingerprint density at radius 2 is 2.03 bits per heavy atom. The van der Waals surface area contributed by atoms with Gasteiger partial charge in [-0.25, -0.2) is 0 Å². The van der Waals surface area contributed by atoms with Gasteiger partial charge in [0.05, 0.1) is 30.1 Å². The molecule has 8 heteroatoms. The summed E-state index contributed by atoms with van der Waals surface area (Å²) >= 11 is 4.17. The van der Waals surface area contributed by atoms with Gasteiger partial charge in [-0.05, 0) is 40.0 Å². The molecule has 2 aromatic rings. The number of ether oxygens (including phenoxy) is 1. The first-order valence-corrected chi connectivity index (χ1v) is 10.2. The molecule has 0 aliphatic heterocycles. The van der Waals surface area contributed by atoms with Gasteiger partial charge in [0, 0.05) is 14.1 Å². The molecule has 2 N–H and O–H groups in total. The van der Waals surface area contributed by atoms with E-state index in [1.54, 1.807) is 18.2 Å². The molecule has 154 valence electrons. The number of hydrogen-bond donors (Lipinski definition) is 2. The van der Waals surface area contributed by atoms with Crippen LogP contribution in [0.3, 0.4) is 0 Å². The van der Waals surface area contributed by atoms with Crippen molar-refractivity contribution in [2.45, 2.75) is 6.37 Å². The van der Waals surface area contributed by atoms with Crippen LogP contribution < -0.4 is 10.1 Å². The summed E-state index contributed by atoms with van der Waals surface area (Å²) < 4.78 is 62.3. The fourth-order valence-electron chi connectivity index (χ4n) is 2.20. The van der Waals surface area contributed by atoms with Gasteiger partial charge in [0.2, 0.25) is 5.91 Å². The average Bonchev–Trinajstić information content (AvgIpc) is 2.82. The molecule has 0 aliphatic carbocycles. The molecule has 1 atom stereocenters. The van der Waals surface area contributed by atoms with E-state index in [0.717, 1.165) is 11.8 Å². The predicted molar refractivity (Wildman–Crippen MR) is 117 cm³/mol. The number of rotatable bonds is 11. The number of carboxylic acid groups (broad SMARTS) is 1. The summed E-state index contributed by atoms with van der Waals surface area (Å²) in [5.74, 6) is -4.59. The van der Waals surface area contributed by atoms with Crippen LogP contribution >= 0.6 is 27.7 Å². The van der Waals surface area contributed by atoms with Crippen molar-refractivity contribution in [3.05, 3.63) is 64.0 Å². The van der Waals surface area contributed by atoms with Crippen LogP contribution in [0.15, 0.2) is 52.9 Å². The van der Waals surface area contributed by atoms with Crippen molar-refractivity contribution in [2.24, 2.45) is 5.92 Å². The highest BCUT2D eigenvalue weighted by atomic mass is 79.9. The normalized spacial score (nSPS) is 15.4. The van der Waals surface area contributed by atoms with Gasteiger partial charge in [0.1, 0.15) is 12.3 Å². The van der Waals surface area contributed by atoms with Crippen molar-refractivity contribution in [2.75, 3.05) is 25.2 Å². The second-order valence-corrected chi connectivity index (χ2v) is 7.39. The number of carbonyl (C=O) groups is 3. The van der Waals surface area contributed by atoms with Crippen molar-refractivity contribution in [3.8, 4) is 5.75 Å². The lowest BCUT2D eigenvalue weighted by Gasteiger charge is -2.16. The fourth-order valence-corrected chi connectivity index (χ4v) is 3.77. The van der Waals surface area contributed by atoms with Gasteiger partial charge in [-0.15, -0.1) is 0 Å². The Morgan fingerprint density at radius 1 is 1.31 bits per heavy atom. The number of thioether (sulfide) groups is 1. The van der Waals surface area contributed by atoms with Crippen molar-refractivity contribution in [1.29, 1.82) is 0 Å². The summed E-state index contributed by atoms with van der Waals surface area (Å²) in [5.41, 5.74) is -0.436. The zero-order valence-corrected chi connectivity index (χ0v) is 17.7. The minimum absolute atomic E-state index is 0.189. The van der Waals surface area contributed by atoms with Crippen molar-refractivity contribution in [1.82, 2.24) is 5.32 Å². The lowest BCUT2D eigenvalue weighted by Crippen LogP contribution is -2.36. The number of carbonyl (C=O) groups excluding carboxylic acids is 2. The standard InChI is InChI=1S/C21H22BrNO5S/c1-28-18-9-5-8-16(20(18)22)17(24)13-29-12-15(21(27)23-11-19(25)26)10-14-6-3-2-4-7-14/h2-9,15H,10-13H2,1H3,(H,23,27)(H,25,26)/i2D,3D,4D,6D,7D,10D2. The van der Waals surface area contributed by atoms with E-state index in [1.807, 2.05) is 0 Å². The van der Waals surface area contributed by atoms with Crippen molar-refractivity contribution < 1.29 is 33.8 Å². The molecule has 0 saturated heterocycles. The first kappa shape index (κ1) is 14.6. The van der Waals surface area contributed by atoms with E-state index in [4.69, 9.17) is 19.4 Å². The van der Waals surface area contributed by atoms with E-state index < -0.39 is 66.5 Å². The quantitative estimate of drug-likeness (QED) is 0.472. The lowest BCUT2D eigenvalue weighted by atomic mass is 10.0. The van der Waals surface area contributed by atoms with Crippen LogP contribution in [-0.2, 0) is 16.0 Å². The third-order valence-electron chi connectivity index (χ3n) is 3.55. The van der Waals surface area contributed by atoms with E-state index >= 15 is 0 Å². The summed E-state index contributed by atoms with van der Waals surface area (Å²) in [6.07, 6.45) is -2.80. The van der Waals surface area contributed by atoms with Gasteiger partial charge in [-0.3, -0.25) is 14.4 Å². The molecule has 6 nitrogen and oxygen atoms in total. The van der Waals surface area contributed by atoms with Gasteiger partial charge in [0.25, 0.3) is 0 Å². The van der Waals surface area contributed by atoms with Crippen LogP contribution in [0, 0.1) is 5.92 Å². The van der Waals surface area contributed by atoms with Crippen LogP contribution in [0.1, 0.15) is 25.5 Å². The summed E-state index contributed by atoms with van der Waals surface area (Å²) in [7, 11) is 1.43. The Bertz CT molecular complexity index is 1170. The lowest BCUT2D eigenvalue weighted by molar-refractivity contribution is -0.138. The number of nitrogens with one attached hydrogen (secondary N) is 1. The second kappa shape index (κ2) is 11.6. The molecule has 2 rings (SSSR count).